The van der Waals surface area contributed by atoms with Gasteiger partial charge in [-0.2, -0.15) is 0 Å². The number of nitrogen functional groups attached to an aromatic ring is 1. The molecule has 2 N–H and O–H groups in total. The van der Waals surface area contributed by atoms with E-state index in [9.17, 15) is 0 Å². The van der Waals surface area contributed by atoms with Gasteiger partial charge < -0.3 is 5.73 Å². The summed E-state index contributed by atoms with van der Waals surface area (Å²) in [6, 6.07) is 5.48. The largest absolute Gasteiger partial charge is 0.382 e. The van der Waals surface area contributed by atoms with Crippen molar-refractivity contribution in [3.05, 3.63) is 29.4 Å². The van der Waals surface area contributed by atoms with Gasteiger partial charge in [0.2, 0.25) is 0 Å². The smallest absolute Gasteiger partial charge is 0.161 e. The number of hydrogen-bond donors (Lipinski definition) is 1. The minimum atomic E-state index is 0.322. The molecule has 0 spiro atoms. The van der Waals surface area contributed by atoms with Gasteiger partial charge in [-0.1, -0.05) is 11.6 Å². The fourth-order valence-electron chi connectivity index (χ4n) is 0.993. The lowest BCUT2D eigenvalue weighted by atomic mass is 10.3. The van der Waals surface area contributed by atoms with Crippen LogP contribution in [0, 0.1) is 0 Å². The van der Waals surface area contributed by atoms with E-state index in [0.29, 0.717) is 16.5 Å². The predicted octanol–water partition coefficient (Wildman–Crippen LogP) is 1.87. The molecule has 0 aliphatic heterocycles. The summed E-state index contributed by atoms with van der Waals surface area (Å²) in [7, 11) is 0. The van der Waals surface area contributed by atoms with Gasteiger partial charge in [-0.15, -0.1) is 0 Å². The lowest BCUT2D eigenvalue weighted by Crippen LogP contribution is -1.92. The van der Waals surface area contributed by atoms with Crippen LogP contribution in [0.5, 0.6) is 0 Å². The van der Waals surface area contributed by atoms with Crippen molar-refractivity contribution in [3.63, 3.8) is 0 Å². The highest BCUT2D eigenvalue weighted by Gasteiger charge is 2.00. The van der Waals surface area contributed by atoms with E-state index >= 15 is 0 Å². The summed E-state index contributed by atoms with van der Waals surface area (Å²) in [5.41, 5.74) is 6.13. The third-order valence-corrected chi connectivity index (χ3v) is 1.87. The molecule has 0 aliphatic rings. The topological polar surface area (TPSA) is 51.8 Å². The molecule has 4 heteroatoms. The van der Waals surface area contributed by atoms with E-state index in [-0.39, 0.29) is 0 Å². The molecule has 2 aromatic heterocycles. The van der Waals surface area contributed by atoms with Crippen molar-refractivity contribution in [2.45, 2.75) is 0 Å². The number of halogens is 1. The molecule has 12 heavy (non-hydrogen) atoms. The minimum Gasteiger partial charge on any atom is -0.382 e. The van der Waals surface area contributed by atoms with Crippen molar-refractivity contribution in [3.8, 4) is 0 Å². The molecule has 2 rings (SSSR count). The van der Waals surface area contributed by atoms with Crippen LogP contribution in [0.15, 0.2) is 24.4 Å². The van der Waals surface area contributed by atoms with E-state index in [2.05, 4.69) is 9.97 Å². The number of nitrogens with zero attached hydrogens (tertiary/aromatic N) is 2. The standard InChI is InChI=1S/C8H6ClN3/c9-6-4-5-2-1-3-11-8(5)12-7(6)10/h1-4H,(H2,10,11,12). The van der Waals surface area contributed by atoms with Crippen molar-refractivity contribution < 1.29 is 0 Å². The normalized spacial score (nSPS) is 10.4. The molecule has 0 unspecified atom stereocenters. The molecule has 2 aromatic rings. The lowest BCUT2D eigenvalue weighted by molar-refractivity contribution is 1.29. The van der Waals surface area contributed by atoms with Crippen LogP contribution in [-0.2, 0) is 0 Å². The Balaban J connectivity index is 2.84. The van der Waals surface area contributed by atoms with Gasteiger partial charge in [0.25, 0.3) is 0 Å². The van der Waals surface area contributed by atoms with Crippen LogP contribution in [-0.4, -0.2) is 9.97 Å². The molecule has 0 bridgehead atoms. The molecule has 0 saturated carbocycles. The first-order valence-corrected chi connectivity index (χ1v) is 3.82. The Kier molecular flexibility index (Phi) is 1.59. The number of pyridine rings is 2. The Morgan fingerprint density at radius 3 is 3.08 bits per heavy atom. The van der Waals surface area contributed by atoms with Crippen molar-refractivity contribution in [1.82, 2.24) is 9.97 Å². The van der Waals surface area contributed by atoms with E-state index < -0.39 is 0 Å². The van der Waals surface area contributed by atoms with Crippen LogP contribution in [0.3, 0.4) is 0 Å². The summed E-state index contributed by atoms with van der Waals surface area (Å²) in [5.74, 6) is 0.322. The molecule has 0 amide bonds. The van der Waals surface area contributed by atoms with E-state index in [1.165, 1.54) is 0 Å². The Bertz CT molecular complexity index is 387. The summed E-state index contributed by atoms with van der Waals surface area (Å²) in [5, 5.41) is 1.37. The SMILES string of the molecule is Nc1nc2ncccc2cc1Cl. The number of hydrogen-bond acceptors (Lipinski definition) is 3. The van der Waals surface area contributed by atoms with Crippen LogP contribution in [0.2, 0.25) is 5.02 Å². The van der Waals surface area contributed by atoms with Crippen LogP contribution >= 0.6 is 11.6 Å². The quantitative estimate of drug-likeness (QED) is 0.672. The van der Waals surface area contributed by atoms with Gasteiger partial charge in [-0.3, -0.25) is 0 Å². The summed E-state index contributed by atoms with van der Waals surface area (Å²) >= 11 is 5.77. The number of fused-ring (bicyclic) bond motifs is 1. The fraction of sp³-hybridized carbons (Fsp3) is 0. The molecular formula is C8H6ClN3. The van der Waals surface area contributed by atoms with Crippen molar-refractivity contribution in [2.75, 3.05) is 5.73 Å². The number of anilines is 1. The van der Waals surface area contributed by atoms with E-state index in [1.54, 1.807) is 12.3 Å². The van der Waals surface area contributed by atoms with Gasteiger partial charge in [0.1, 0.15) is 5.82 Å². The minimum absolute atomic E-state index is 0.322. The number of nitrogens with two attached hydrogens (primary N) is 1. The van der Waals surface area contributed by atoms with Gasteiger partial charge in [0.05, 0.1) is 5.02 Å². The molecule has 3 nitrogen and oxygen atoms in total. The van der Waals surface area contributed by atoms with Gasteiger partial charge >= 0.3 is 0 Å². The van der Waals surface area contributed by atoms with Gasteiger partial charge in [-0.05, 0) is 18.2 Å². The van der Waals surface area contributed by atoms with Gasteiger partial charge in [0.15, 0.2) is 5.65 Å². The average Bonchev–Trinajstić information content (AvgIpc) is 2.07. The first-order valence-electron chi connectivity index (χ1n) is 3.44. The van der Waals surface area contributed by atoms with Gasteiger partial charge in [0, 0.05) is 11.6 Å². The van der Waals surface area contributed by atoms with Crippen LogP contribution < -0.4 is 5.73 Å². The maximum Gasteiger partial charge on any atom is 0.161 e. The van der Waals surface area contributed by atoms with Crippen LogP contribution in [0.4, 0.5) is 5.82 Å². The highest BCUT2D eigenvalue weighted by atomic mass is 35.5. The second-order valence-corrected chi connectivity index (χ2v) is 2.81. The number of rotatable bonds is 0. The third-order valence-electron chi connectivity index (χ3n) is 1.57. The zero-order valence-corrected chi connectivity index (χ0v) is 6.92. The van der Waals surface area contributed by atoms with E-state index in [0.717, 1.165) is 5.39 Å². The molecule has 0 aliphatic carbocycles. The first-order chi connectivity index (χ1) is 5.77. The van der Waals surface area contributed by atoms with Crippen molar-refractivity contribution in [1.29, 1.82) is 0 Å². The van der Waals surface area contributed by atoms with Crippen molar-refractivity contribution >= 4 is 28.5 Å². The highest BCUT2D eigenvalue weighted by Crippen LogP contribution is 2.20. The fourth-order valence-corrected chi connectivity index (χ4v) is 1.15. The summed E-state index contributed by atoms with van der Waals surface area (Å²) in [6.45, 7) is 0. The van der Waals surface area contributed by atoms with Crippen LogP contribution in [0.25, 0.3) is 11.0 Å². The molecule has 0 saturated heterocycles. The summed E-state index contributed by atoms with van der Waals surface area (Å²) < 4.78 is 0. The molecular weight excluding hydrogens is 174 g/mol. The summed E-state index contributed by atoms with van der Waals surface area (Å²) in [4.78, 5) is 8.04. The van der Waals surface area contributed by atoms with E-state index in [4.69, 9.17) is 17.3 Å². The Hall–Kier alpha value is -1.35. The molecule has 0 fully saturated rings. The Labute approximate surface area is 74.2 Å². The maximum atomic E-state index is 5.77. The zero-order chi connectivity index (χ0) is 8.55. The number of aromatic nitrogens is 2. The molecule has 0 aromatic carbocycles. The van der Waals surface area contributed by atoms with Crippen LogP contribution in [0.1, 0.15) is 0 Å². The second-order valence-electron chi connectivity index (χ2n) is 2.41. The second kappa shape index (κ2) is 2.60. The van der Waals surface area contributed by atoms with E-state index in [1.807, 2.05) is 12.1 Å². The first kappa shape index (κ1) is 7.31. The molecule has 0 atom stereocenters. The Morgan fingerprint density at radius 1 is 1.42 bits per heavy atom. The highest BCUT2D eigenvalue weighted by molar-refractivity contribution is 6.33. The zero-order valence-electron chi connectivity index (χ0n) is 6.16. The monoisotopic (exact) mass is 179 g/mol. The third kappa shape index (κ3) is 1.08. The molecule has 60 valence electrons. The van der Waals surface area contributed by atoms with Gasteiger partial charge in [-0.25, -0.2) is 9.97 Å². The van der Waals surface area contributed by atoms with Crippen molar-refractivity contribution in [2.24, 2.45) is 0 Å². The molecule has 2 heterocycles. The Morgan fingerprint density at radius 2 is 2.25 bits per heavy atom. The lowest BCUT2D eigenvalue weighted by Gasteiger charge is -1.98. The molecule has 0 radical (unpaired) electrons. The predicted molar refractivity (Wildman–Crippen MR) is 49.0 cm³/mol. The average molecular weight is 180 g/mol. The summed E-state index contributed by atoms with van der Waals surface area (Å²) in [6.07, 6.45) is 1.67. The maximum absolute atomic E-state index is 5.77.